The van der Waals surface area contributed by atoms with E-state index in [1.54, 1.807) is 18.2 Å². The molecule has 0 radical (unpaired) electrons. The van der Waals surface area contributed by atoms with Crippen LogP contribution in [0.25, 0.3) is 11.0 Å². The van der Waals surface area contributed by atoms with Gasteiger partial charge < -0.3 is 31.5 Å². The molecular weight excluding hydrogens is 465 g/mol. The summed E-state index contributed by atoms with van der Waals surface area (Å²) in [5.74, 6) is -1.55. The summed E-state index contributed by atoms with van der Waals surface area (Å²) in [6.07, 6.45) is 0.179. The summed E-state index contributed by atoms with van der Waals surface area (Å²) in [5.41, 5.74) is -0.315. The van der Waals surface area contributed by atoms with Crippen molar-refractivity contribution in [2.75, 3.05) is 7.11 Å². The Labute approximate surface area is 141 Å². The molecule has 0 amide bonds. The summed E-state index contributed by atoms with van der Waals surface area (Å²) in [5, 5.41) is 11.3. The van der Waals surface area contributed by atoms with Gasteiger partial charge in [-0.25, -0.2) is 4.79 Å². The molecule has 6 nitrogen and oxygen atoms in total. The first-order chi connectivity index (χ1) is 9.02. The van der Waals surface area contributed by atoms with E-state index in [-0.39, 0.29) is 39.2 Å². The minimum absolute atomic E-state index is 0. The van der Waals surface area contributed by atoms with Crippen molar-refractivity contribution < 1.29 is 52.2 Å². The normalized spacial score (nSPS) is 11.3. The van der Waals surface area contributed by atoms with Crippen molar-refractivity contribution in [3.05, 3.63) is 52.7 Å². The van der Waals surface area contributed by atoms with Gasteiger partial charge in [-0.05, 0) is 18.1 Å². The van der Waals surface area contributed by atoms with Crippen LogP contribution < -0.4 is 10.7 Å². The van der Waals surface area contributed by atoms with Crippen LogP contribution in [0.4, 0.5) is 0 Å². The van der Waals surface area contributed by atoms with Gasteiger partial charge in [0.1, 0.15) is 5.58 Å². The van der Waals surface area contributed by atoms with Crippen LogP contribution in [0, 0.1) is 6.92 Å². The number of fused-ring (bicyclic) bond motifs is 1. The predicted octanol–water partition coefficient (Wildman–Crippen LogP) is -0.279. The quantitative estimate of drug-likeness (QED) is 0.341. The predicted molar refractivity (Wildman–Crippen MR) is 70.3 cm³/mol. The number of hydrogen-bond donors (Lipinski definition) is 0. The molecule has 1 aromatic carbocycles. The van der Waals surface area contributed by atoms with E-state index in [0.29, 0.717) is 17.4 Å². The van der Waals surface area contributed by atoms with Crippen molar-refractivity contribution in [2.24, 2.45) is 0 Å². The van der Waals surface area contributed by atoms with E-state index in [1.807, 2.05) is 0 Å². The monoisotopic (exact) mass is 480 g/mol. The van der Waals surface area contributed by atoms with Gasteiger partial charge in [0, 0.05) is 12.5 Å². The average Bonchev–Trinajstić information content (AvgIpc) is 2.38. The topological polar surface area (TPSA) is 111 Å². The van der Waals surface area contributed by atoms with E-state index in [9.17, 15) is 14.7 Å². The van der Waals surface area contributed by atoms with E-state index >= 15 is 0 Å². The second kappa shape index (κ2) is 8.26. The van der Waals surface area contributed by atoms with Gasteiger partial charge in [0.15, 0.2) is 0 Å². The molecule has 0 spiro atoms. The Bertz CT molecular complexity index is 679. The maximum Gasteiger partial charge on any atom is 2.00 e. The van der Waals surface area contributed by atoms with Crippen LogP contribution in [-0.2, 0) is 38.8 Å². The molecule has 108 valence electrons. The summed E-state index contributed by atoms with van der Waals surface area (Å²) in [7, 11) is 1.53. The summed E-state index contributed by atoms with van der Waals surface area (Å²) in [6.45, 7) is 3.78. The van der Waals surface area contributed by atoms with E-state index in [4.69, 9.17) is 9.15 Å². The SMILES string of the molecule is O.[CH2-]C(Cc1cccc2cc(C(=O)[O-])c(=O)oc12)OC.[Hg+2]. The van der Waals surface area contributed by atoms with E-state index in [2.05, 4.69) is 6.92 Å². The Balaban J connectivity index is 0.00000200. The van der Waals surface area contributed by atoms with Gasteiger partial charge in [0.05, 0.1) is 11.5 Å². The molecule has 2 aromatic rings. The molecule has 0 fully saturated rings. The molecule has 0 aliphatic rings. The molecule has 0 aliphatic carbocycles. The molecule has 0 saturated carbocycles. The second-order valence-corrected chi connectivity index (χ2v) is 4.13. The number of carboxylic acid groups (broad SMARTS) is 1. The van der Waals surface area contributed by atoms with Crippen LogP contribution in [0.1, 0.15) is 15.9 Å². The van der Waals surface area contributed by atoms with E-state index < -0.39 is 17.2 Å². The minimum Gasteiger partial charge on any atom is -0.545 e. The van der Waals surface area contributed by atoms with Crippen molar-refractivity contribution in [1.82, 2.24) is 0 Å². The van der Waals surface area contributed by atoms with Gasteiger partial charge in [0.25, 0.3) is 0 Å². The van der Waals surface area contributed by atoms with Crippen molar-refractivity contribution in [3.8, 4) is 0 Å². The number of aromatic carboxylic acids is 1. The second-order valence-electron chi connectivity index (χ2n) is 4.13. The van der Waals surface area contributed by atoms with Gasteiger partial charge in [-0.3, -0.25) is 0 Å². The van der Waals surface area contributed by atoms with Gasteiger partial charge in [-0.15, -0.1) is 0 Å². The number of rotatable bonds is 4. The summed E-state index contributed by atoms with van der Waals surface area (Å²) in [6, 6.07) is 6.45. The van der Waals surface area contributed by atoms with Gasteiger partial charge in [0.2, 0.25) is 0 Å². The van der Waals surface area contributed by atoms with Gasteiger partial charge in [-0.1, -0.05) is 24.3 Å². The summed E-state index contributed by atoms with van der Waals surface area (Å²) >= 11 is 0. The Hall–Kier alpha value is -1.24. The number of carbonyl (C=O) groups excluding carboxylic acids is 1. The Morgan fingerprint density at radius 2 is 2.14 bits per heavy atom. The third-order valence-electron chi connectivity index (χ3n) is 2.84. The van der Waals surface area contributed by atoms with Crippen LogP contribution in [-0.4, -0.2) is 24.7 Å². The van der Waals surface area contributed by atoms with Crippen molar-refractivity contribution in [2.45, 2.75) is 12.5 Å². The fourth-order valence-electron chi connectivity index (χ4n) is 1.84. The van der Waals surface area contributed by atoms with Crippen molar-refractivity contribution in [3.63, 3.8) is 0 Å². The van der Waals surface area contributed by atoms with E-state index in [0.717, 1.165) is 5.56 Å². The Kier molecular flexibility index (Phi) is 7.77. The first kappa shape index (κ1) is 19.8. The molecule has 2 N–H and O–H groups in total. The van der Waals surface area contributed by atoms with Crippen LogP contribution >= 0.6 is 0 Å². The molecular formula is C14H14HgO6. The first-order valence-electron chi connectivity index (χ1n) is 5.66. The summed E-state index contributed by atoms with van der Waals surface area (Å²) < 4.78 is 10.1. The molecule has 2 rings (SSSR count). The fraction of sp³-hybridized carbons (Fsp3) is 0.214. The molecule has 1 heterocycles. The molecule has 21 heavy (non-hydrogen) atoms. The zero-order valence-corrected chi connectivity index (χ0v) is 17.0. The largest absolute Gasteiger partial charge is 2.00 e. The number of carbonyl (C=O) groups is 1. The summed E-state index contributed by atoms with van der Waals surface area (Å²) in [4.78, 5) is 22.3. The maximum atomic E-state index is 11.5. The number of methoxy groups -OCH3 is 1. The molecule has 1 aromatic heterocycles. The van der Waals surface area contributed by atoms with Gasteiger partial charge >= 0.3 is 33.3 Å². The molecule has 7 heteroatoms. The molecule has 0 saturated heterocycles. The van der Waals surface area contributed by atoms with E-state index in [1.165, 1.54) is 13.2 Å². The van der Waals surface area contributed by atoms with Crippen molar-refractivity contribution >= 4 is 16.9 Å². The molecule has 0 aliphatic heterocycles. The van der Waals surface area contributed by atoms with Crippen LogP contribution in [0.3, 0.4) is 0 Å². The van der Waals surface area contributed by atoms with Crippen LogP contribution in [0.5, 0.6) is 0 Å². The number of benzene rings is 1. The number of ether oxygens (including phenoxy) is 1. The number of hydrogen-bond acceptors (Lipinski definition) is 5. The Morgan fingerprint density at radius 1 is 1.48 bits per heavy atom. The molecule has 1 unspecified atom stereocenters. The Morgan fingerprint density at radius 3 is 2.71 bits per heavy atom. The molecule has 1 atom stereocenters. The minimum atomic E-state index is -1.55. The zero-order chi connectivity index (χ0) is 14.0. The maximum absolute atomic E-state index is 11.5. The number of carboxylic acids is 1. The molecule has 0 bridgehead atoms. The number of para-hydroxylation sites is 1. The van der Waals surface area contributed by atoms with Crippen LogP contribution in [0.15, 0.2) is 33.5 Å². The fourth-order valence-corrected chi connectivity index (χ4v) is 1.84. The van der Waals surface area contributed by atoms with Crippen molar-refractivity contribution in [1.29, 1.82) is 0 Å². The van der Waals surface area contributed by atoms with Gasteiger partial charge in [-0.2, -0.15) is 0 Å². The van der Waals surface area contributed by atoms with Crippen LogP contribution in [0.2, 0.25) is 0 Å². The average molecular weight is 479 g/mol. The first-order valence-corrected chi connectivity index (χ1v) is 5.66. The smallest absolute Gasteiger partial charge is 0.545 e. The third kappa shape index (κ3) is 4.36. The standard InChI is InChI=1S/C14H13O5.Hg.H2O/c1-8(18-2)6-9-4-3-5-10-7-11(13(15)16)14(17)19-12(9)10;;/h3-5,7-8H,1,6H2,2H3,(H,15,16);;1H2/q-1;+2;/p-1. The third-order valence-corrected chi connectivity index (χ3v) is 2.84. The zero-order valence-electron chi connectivity index (χ0n) is 11.5.